The molecule has 1 aromatic heterocycles. The first-order valence-corrected chi connectivity index (χ1v) is 11.7. The molecule has 1 aliphatic rings. The van der Waals surface area contributed by atoms with Gasteiger partial charge >= 0.3 is 0 Å². The molecule has 3 amide bonds. The summed E-state index contributed by atoms with van der Waals surface area (Å²) in [4.78, 5) is 38.6. The minimum absolute atomic E-state index is 0.0355. The number of rotatable bonds is 8. The number of nitrogens with one attached hydrogen (secondary N) is 2. The quantitative estimate of drug-likeness (QED) is 0.514. The third kappa shape index (κ3) is 5.61. The van der Waals surface area contributed by atoms with Crippen LogP contribution >= 0.6 is 11.3 Å². The highest BCUT2D eigenvalue weighted by Crippen LogP contribution is 2.34. The van der Waals surface area contributed by atoms with E-state index in [2.05, 4.69) is 20.8 Å². The SMILES string of the molecule is CCCCC(=O)Nc1ccc(C(=O)Nc2nnc(C3CC(=O)N(c4ccccc4)C3)s2)cc1. The molecule has 0 bridgehead atoms. The second-order valence-corrected chi connectivity index (χ2v) is 8.88. The zero-order valence-electron chi connectivity index (χ0n) is 18.3. The van der Waals surface area contributed by atoms with E-state index in [0.29, 0.717) is 35.8 Å². The molecule has 3 aromatic rings. The van der Waals surface area contributed by atoms with Crippen molar-refractivity contribution in [1.29, 1.82) is 0 Å². The summed E-state index contributed by atoms with van der Waals surface area (Å²) in [6, 6.07) is 16.3. The zero-order chi connectivity index (χ0) is 23.2. The molecule has 33 heavy (non-hydrogen) atoms. The number of aromatic nitrogens is 2. The molecule has 2 N–H and O–H groups in total. The molecule has 170 valence electrons. The van der Waals surface area contributed by atoms with E-state index < -0.39 is 0 Å². The lowest BCUT2D eigenvalue weighted by molar-refractivity contribution is -0.117. The van der Waals surface area contributed by atoms with Crippen LogP contribution in [0.4, 0.5) is 16.5 Å². The van der Waals surface area contributed by atoms with Gasteiger partial charge in [-0.1, -0.05) is 42.9 Å². The first-order chi connectivity index (χ1) is 16.0. The Morgan fingerprint density at radius 1 is 1.06 bits per heavy atom. The molecular weight excluding hydrogens is 438 g/mol. The van der Waals surface area contributed by atoms with Crippen LogP contribution in [0.3, 0.4) is 0 Å². The molecule has 0 aliphatic carbocycles. The Morgan fingerprint density at radius 3 is 2.55 bits per heavy atom. The molecule has 0 spiro atoms. The monoisotopic (exact) mass is 463 g/mol. The average Bonchev–Trinajstić information content (AvgIpc) is 3.45. The van der Waals surface area contributed by atoms with Gasteiger partial charge in [0.05, 0.1) is 0 Å². The van der Waals surface area contributed by atoms with Gasteiger partial charge in [-0.25, -0.2) is 0 Å². The van der Waals surface area contributed by atoms with Crippen LogP contribution in [0.15, 0.2) is 54.6 Å². The van der Waals surface area contributed by atoms with Crippen LogP contribution in [0.25, 0.3) is 0 Å². The molecule has 0 saturated carbocycles. The van der Waals surface area contributed by atoms with Gasteiger partial charge in [0.15, 0.2) is 0 Å². The van der Waals surface area contributed by atoms with E-state index in [9.17, 15) is 14.4 Å². The normalized spacial score (nSPS) is 15.5. The van der Waals surface area contributed by atoms with Crippen molar-refractivity contribution in [2.75, 3.05) is 22.1 Å². The Hall–Kier alpha value is -3.59. The Labute approximate surface area is 196 Å². The molecule has 1 aliphatic heterocycles. The third-order valence-electron chi connectivity index (χ3n) is 5.39. The van der Waals surface area contributed by atoms with Crippen molar-refractivity contribution in [3.8, 4) is 0 Å². The van der Waals surface area contributed by atoms with Crippen molar-refractivity contribution in [2.45, 2.75) is 38.5 Å². The van der Waals surface area contributed by atoms with Gasteiger partial charge in [-0.3, -0.25) is 19.7 Å². The standard InChI is InChI=1S/C24H25N5O3S/c1-2-3-9-20(30)25-18-12-10-16(11-13-18)22(32)26-24-28-27-23(33-24)17-14-21(31)29(15-17)19-7-5-4-6-8-19/h4-8,10-13,17H,2-3,9,14-15H2,1H3,(H,25,30)(H,26,28,32). The second-order valence-electron chi connectivity index (χ2n) is 7.87. The molecule has 2 aromatic carbocycles. The Morgan fingerprint density at radius 2 is 1.82 bits per heavy atom. The highest BCUT2D eigenvalue weighted by molar-refractivity contribution is 7.15. The lowest BCUT2D eigenvalue weighted by atomic mass is 10.1. The highest BCUT2D eigenvalue weighted by atomic mass is 32.1. The van der Waals surface area contributed by atoms with Crippen molar-refractivity contribution in [3.05, 3.63) is 65.2 Å². The van der Waals surface area contributed by atoms with Crippen LogP contribution in [0.5, 0.6) is 0 Å². The maximum absolute atomic E-state index is 12.6. The largest absolute Gasteiger partial charge is 0.326 e. The molecular formula is C24H25N5O3S. The molecule has 0 radical (unpaired) electrons. The lowest BCUT2D eigenvalue weighted by Gasteiger charge is -2.15. The molecule has 1 fully saturated rings. The predicted molar refractivity (Wildman–Crippen MR) is 129 cm³/mol. The number of benzene rings is 2. The van der Waals surface area contributed by atoms with Crippen LogP contribution in [-0.2, 0) is 9.59 Å². The molecule has 8 nitrogen and oxygen atoms in total. The summed E-state index contributed by atoms with van der Waals surface area (Å²) in [7, 11) is 0. The highest BCUT2D eigenvalue weighted by Gasteiger charge is 2.33. The van der Waals surface area contributed by atoms with Gasteiger partial charge < -0.3 is 10.2 Å². The van der Waals surface area contributed by atoms with E-state index in [-0.39, 0.29) is 23.6 Å². The van der Waals surface area contributed by atoms with E-state index in [4.69, 9.17) is 0 Å². The van der Waals surface area contributed by atoms with Crippen LogP contribution in [-0.4, -0.2) is 34.5 Å². The van der Waals surface area contributed by atoms with E-state index in [1.807, 2.05) is 37.3 Å². The number of hydrogen-bond acceptors (Lipinski definition) is 6. The van der Waals surface area contributed by atoms with Gasteiger partial charge in [0.1, 0.15) is 5.01 Å². The van der Waals surface area contributed by atoms with Gasteiger partial charge in [0.2, 0.25) is 16.9 Å². The molecule has 2 heterocycles. The molecule has 4 rings (SSSR count). The predicted octanol–water partition coefficient (Wildman–Crippen LogP) is 4.44. The maximum Gasteiger partial charge on any atom is 0.257 e. The van der Waals surface area contributed by atoms with Gasteiger partial charge in [0, 0.05) is 42.2 Å². The second kappa shape index (κ2) is 10.4. The number of anilines is 3. The summed E-state index contributed by atoms with van der Waals surface area (Å²) in [5.74, 6) is -0.355. The van der Waals surface area contributed by atoms with Crippen LogP contribution in [0.2, 0.25) is 0 Å². The summed E-state index contributed by atoms with van der Waals surface area (Å²) in [5, 5.41) is 15.0. The van der Waals surface area contributed by atoms with Gasteiger partial charge in [-0.05, 0) is 42.8 Å². The van der Waals surface area contributed by atoms with Crippen LogP contribution in [0, 0.1) is 0 Å². The summed E-state index contributed by atoms with van der Waals surface area (Å²) in [6.07, 6.45) is 2.65. The molecule has 1 atom stereocenters. The van der Waals surface area contributed by atoms with Crippen LogP contribution in [0.1, 0.15) is 53.9 Å². The van der Waals surface area contributed by atoms with Crippen LogP contribution < -0.4 is 15.5 Å². The summed E-state index contributed by atoms with van der Waals surface area (Å²) in [6.45, 7) is 2.57. The smallest absolute Gasteiger partial charge is 0.257 e. The number of nitrogens with zero attached hydrogens (tertiary/aromatic N) is 3. The van der Waals surface area contributed by atoms with Gasteiger partial charge in [-0.2, -0.15) is 0 Å². The number of hydrogen-bond donors (Lipinski definition) is 2. The Kier molecular flexibility index (Phi) is 7.09. The fraction of sp³-hybridized carbons (Fsp3) is 0.292. The fourth-order valence-electron chi connectivity index (χ4n) is 3.62. The van der Waals surface area contributed by atoms with E-state index in [1.165, 1.54) is 11.3 Å². The number of carbonyl (C=O) groups excluding carboxylic acids is 3. The fourth-order valence-corrected chi connectivity index (χ4v) is 4.45. The van der Waals surface area contributed by atoms with E-state index in [1.54, 1.807) is 29.2 Å². The number of carbonyl (C=O) groups is 3. The minimum atomic E-state index is -0.310. The Balaban J connectivity index is 1.34. The molecule has 1 unspecified atom stereocenters. The zero-order valence-corrected chi connectivity index (χ0v) is 19.1. The summed E-state index contributed by atoms with van der Waals surface area (Å²) >= 11 is 1.28. The topological polar surface area (TPSA) is 104 Å². The first kappa shape index (κ1) is 22.6. The van der Waals surface area contributed by atoms with E-state index >= 15 is 0 Å². The first-order valence-electron chi connectivity index (χ1n) is 10.9. The minimum Gasteiger partial charge on any atom is -0.326 e. The summed E-state index contributed by atoms with van der Waals surface area (Å²) < 4.78 is 0. The van der Waals surface area contributed by atoms with Crippen molar-refractivity contribution >= 4 is 45.6 Å². The van der Waals surface area contributed by atoms with Crippen molar-refractivity contribution < 1.29 is 14.4 Å². The van der Waals surface area contributed by atoms with Crippen molar-refractivity contribution in [3.63, 3.8) is 0 Å². The molecule has 1 saturated heterocycles. The molecule has 9 heteroatoms. The third-order valence-corrected chi connectivity index (χ3v) is 6.39. The Bertz CT molecular complexity index is 1130. The van der Waals surface area contributed by atoms with Gasteiger partial charge in [-0.15, -0.1) is 10.2 Å². The van der Waals surface area contributed by atoms with Gasteiger partial charge in [0.25, 0.3) is 5.91 Å². The lowest BCUT2D eigenvalue weighted by Crippen LogP contribution is -2.24. The number of amides is 3. The number of unbranched alkanes of at least 4 members (excludes halogenated alkanes) is 1. The summed E-state index contributed by atoms with van der Waals surface area (Å²) in [5.41, 5.74) is 1.97. The van der Waals surface area contributed by atoms with E-state index in [0.717, 1.165) is 23.5 Å². The maximum atomic E-state index is 12.6. The number of para-hydroxylation sites is 1. The average molecular weight is 464 g/mol. The van der Waals surface area contributed by atoms with Crippen molar-refractivity contribution in [2.24, 2.45) is 0 Å². The van der Waals surface area contributed by atoms with Crippen molar-refractivity contribution in [1.82, 2.24) is 10.2 Å².